The Balaban J connectivity index is 2.19. The second-order valence-corrected chi connectivity index (χ2v) is 5.11. The summed E-state index contributed by atoms with van der Waals surface area (Å²) in [5.74, 6) is 0.724. The van der Waals surface area contributed by atoms with Gasteiger partial charge in [0.25, 0.3) is 0 Å². The summed E-state index contributed by atoms with van der Waals surface area (Å²) < 4.78 is 11.3. The Morgan fingerprint density at radius 3 is 2.60 bits per heavy atom. The monoisotopic (exact) mass is 331 g/mol. The molecule has 0 aliphatic carbocycles. The van der Waals surface area contributed by atoms with Gasteiger partial charge in [-0.25, -0.2) is 9.78 Å². The third kappa shape index (κ3) is 2.32. The number of nitrogens with zero attached hydrogens (tertiary/aromatic N) is 1. The van der Waals surface area contributed by atoms with Crippen molar-refractivity contribution < 1.29 is 9.15 Å². The van der Waals surface area contributed by atoms with Gasteiger partial charge in [0.15, 0.2) is 11.3 Å². The van der Waals surface area contributed by atoms with Crippen LogP contribution in [0, 0.1) is 0 Å². The van der Waals surface area contributed by atoms with E-state index >= 15 is 0 Å². The van der Waals surface area contributed by atoms with Gasteiger partial charge < -0.3 is 9.15 Å². The molecule has 100 valence electrons. The molecule has 0 atom stereocenters. The number of aromatic nitrogens is 1. The molecular weight excluding hydrogens is 322 g/mol. The maximum atomic E-state index is 12.0. The molecule has 0 aliphatic rings. The van der Waals surface area contributed by atoms with Gasteiger partial charge in [-0.3, -0.25) is 0 Å². The van der Waals surface area contributed by atoms with Crippen LogP contribution in [0.15, 0.2) is 56.1 Å². The topological polar surface area (TPSA) is 52.3 Å². The van der Waals surface area contributed by atoms with Crippen molar-refractivity contribution in [3.63, 3.8) is 0 Å². The molecule has 0 aliphatic heterocycles. The summed E-state index contributed by atoms with van der Waals surface area (Å²) in [7, 11) is 1.59. The van der Waals surface area contributed by atoms with E-state index in [1.165, 1.54) is 0 Å². The predicted molar refractivity (Wildman–Crippen MR) is 80.0 cm³/mol. The molecule has 0 unspecified atom stereocenters. The quantitative estimate of drug-likeness (QED) is 0.719. The molecule has 0 N–H and O–H groups in total. The number of ether oxygens (including phenoxy) is 1. The Morgan fingerprint density at radius 2 is 1.90 bits per heavy atom. The Morgan fingerprint density at radius 1 is 1.15 bits per heavy atom. The van der Waals surface area contributed by atoms with E-state index in [0.29, 0.717) is 22.4 Å². The summed E-state index contributed by atoms with van der Waals surface area (Å²) in [5, 5.41) is 0. The number of methoxy groups -OCH3 is 1. The lowest BCUT2D eigenvalue weighted by Gasteiger charge is -2.03. The first-order valence-electron chi connectivity index (χ1n) is 5.92. The Hall–Kier alpha value is -2.14. The zero-order chi connectivity index (χ0) is 14.1. The number of benzene rings is 2. The largest absolute Gasteiger partial charge is 0.497 e. The zero-order valence-electron chi connectivity index (χ0n) is 10.6. The van der Waals surface area contributed by atoms with Crippen LogP contribution in [0.5, 0.6) is 5.75 Å². The lowest BCUT2D eigenvalue weighted by molar-refractivity contribution is 0.415. The van der Waals surface area contributed by atoms with Crippen LogP contribution in [0.2, 0.25) is 0 Å². The summed E-state index contributed by atoms with van der Waals surface area (Å²) in [6, 6.07) is 12.4. The summed E-state index contributed by atoms with van der Waals surface area (Å²) in [4.78, 5) is 16.4. The van der Waals surface area contributed by atoms with E-state index in [-0.39, 0.29) is 0 Å². The summed E-state index contributed by atoms with van der Waals surface area (Å²) in [6.07, 6.45) is 0. The summed E-state index contributed by atoms with van der Waals surface area (Å²) in [5.41, 5.74) is 1.63. The van der Waals surface area contributed by atoms with Gasteiger partial charge in [0, 0.05) is 10.0 Å². The number of hydrogen-bond donors (Lipinski definition) is 0. The minimum Gasteiger partial charge on any atom is -0.497 e. The smallest absolute Gasteiger partial charge is 0.363 e. The molecule has 5 heteroatoms. The van der Waals surface area contributed by atoms with E-state index in [0.717, 1.165) is 10.2 Å². The van der Waals surface area contributed by atoms with Crippen molar-refractivity contribution in [3.8, 4) is 17.0 Å². The van der Waals surface area contributed by atoms with Crippen molar-refractivity contribution in [3.05, 3.63) is 57.4 Å². The van der Waals surface area contributed by atoms with Crippen molar-refractivity contribution in [1.82, 2.24) is 4.98 Å². The molecule has 0 fully saturated rings. The molecule has 4 nitrogen and oxygen atoms in total. The molecule has 3 rings (SSSR count). The fourth-order valence-corrected chi connectivity index (χ4v) is 2.26. The van der Waals surface area contributed by atoms with Gasteiger partial charge in [0.1, 0.15) is 11.3 Å². The second-order valence-electron chi connectivity index (χ2n) is 4.19. The molecule has 1 aromatic heterocycles. The number of fused-ring (bicyclic) bond motifs is 1. The molecule has 0 saturated heterocycles. The lowest BCUT2D eigenvalue weighted by Crippen LogP contribution is -2.05. The minimum absolute atomic E-state index is 0.290. The standard InChI is InChI=1S/C15H10BrNO3/c1-19-11-5-2-9(3-6-11)14-15(18)20-13-7-4-10(16)8-12(13)17-14/h2-8H,1H3. The fraction of sp³-hybridized carbons (Fsp3) is 0.0667. The molecule has 1 heterocycles. The van der Waals surface area contributed by atoms with Crippen molar-refractivity contribution >= 4 is 27.0 Å². The van der Waals surface area contributed by atoms with Crippen molar-refractivity contribution in [2.45, 2.75) is 0 Å². The number of rotatable bonds is 2. The Labute approximate surface area is 123 Å². The average Bonchev–Trinajstić information content (AvgIpc) is 2.47. The highest BCUT2D eigenvalue weighted by Crippen LogP contribution is 2.22. The predicted octanol–water partition coefficient (Wildman–Crippen LogP) is 3.63. The third-order valence-electron chi connectivity index (χ3n) is 2.91. The normalized spacial score (nSPS) is 10.7. The van der Waals surface area contributed by atoms with E-state index in [1.807, 2.05) is 6.07 Å². The van der Waals surface area contributed by atoms with Gasteiger partial charge in [0.05, 0.1) is 7.11 Å². The Bertz CT molecular complexity index is 825. The highest BCUT2D eigenvalue weighted by molar-refractivity contribution is 9.10. The van der Waals surface area contributed by atoms with Crippen molar-refractivity contribution in [1.29, 1.82) is 0 Å². The molecule has 0 radical (unpaired) electrons. The number of halogens is 1. The van der Waals surface area contributed by atoms with Crippen LogP contribution < -0.4 is 10.4 Å². The second kappa shape index (κ2) is 5.09. The third-order valence-corrected chi connectivity index (χ3v) is 3.41. The minimum atomic E-state index is -0.454. The van der Waals surface area contributed by atoms with Crippen LogP contribution >= 0.6 is 15.9 Å². The first-order valence-corrected chi connectivity index (χ1v) is 6.71. The van der Waals surface area contributed by atoms with Gasteiger partial charge in [-0.15, -0.1) is 0 Å². The van der Waals surface area contributed by atoms with E-state index in [9.17, 15) is 4.79 Å². The molecule has 0 bridgehead atoms. The molecule has 20 heavy (non-hydrogen) atoms. The number of hydrogen-bond acceptors (Lipinski definition) is 4. The molecule has 0 spiro atoms. The van der Waals surface area contributed by atoms with Gasteiger partial charge >= 0.3 is 5.63 Å². The van der Waals surface area contributed by atoms with Gasteiger partial charge in [-0.2, -0.15) is 0 Å². The molecule has 2 aromatic carbocycles. The Kier molecular flexibility index (Phi) is 3.28. The molecular formula is C15H10BrNO3. The highest BCUT2D eigenvalue weighted by Gasteiger charge is 2.10. The highest BCUT2D eigenvalue weighted by atomic mass is 79.9. The SMILES string of the molecule is COc1ccc(-c2nc3cc(Br)ccc3oc2=O)cc1. The van der Waals surface area contributed by atoms with Gasteiger partial charge in [-0.1, -0.05) is 15.9 Å². The van der Waals surface area contributed by atoms with Crippen LogP contribution in [-0.4, -0.2) is 12.1 Å². The van der Waals surface area contributed by atoms with E-state index in [4.69, 9.17) is 9.15 Å². The summed E-state index contributed by atoms with van der Waals surface area (Å²) >= 11 is 3.37. The van der Waals surface area contributed by atoms with Crippen LogP contribution in [0.4, 0.5) is 0 Å². The van der Waals surface area contributed by atoms with Crippen LogP contribution in [0.1, 0.15) is 0 Å². The lowest BCUT2D eigenvalue weighted by atomic mass is 10.1. The summed E-state index contributed by atoms with van der Waals surface area (Å²) in [6.45, 7) is 0. The maximum Gasteiger partial charge on any atom is 0.363 e. The first kappa shape index (κ1) is 12.9. The molecule has 0 saturated carbocycles. The van der Waals surface area contributed by atoms with Gasteiger partial charge in [-0.05, 0) is 42.5 Å². The van der Waals surface area contributed by atoms with Crippen molar-refractivity contribution in [2.24, 2.45) is 0 Å². The fourth-order valence-electron chi connectivity index (χ4n) is 1.91. The molecule has 0 amide bonds. The van der Waals surface area contributed by atoms with Gasteiger partial charge in [0.2, 0.25) is 0 Å². The first-order chi connectivity index (χ1) is 9.67. The maximum absolute atomic E-state index is 12.0. The van der Waals surface area contributed by atoms with E-state index < -0.39 is 5.63 Å². The van der Waals surface area contributed by atoms with Crippen LogP contribution in [0.25, 0.3) is 22.4 Å². The van der Waals surface area contributed by atoms with Crippen LogP contribution in [0.3, 0.4) is 0 Å². The van der Waals surface area contributed by atoms with Crippen molar-refractivity contribution in [2.75, 3.05) is 7.11 Å². The van der Waals surface area contributed by atoms with E-state index in [2.05, 4.69) is 20.9 Å². The zero-order valence-corrected chi connectivity index (χ0v) is 12.2. The molecule has 3 aromatic rings. The van der Waals surface area contributed by atoms with E-state index in [1.54, 1.807) is 43.5 Å². The van der Waals surface area contributed by atoms with Crippen LogP contribution in [-0.2, 0) is 0 Å². The average molecular weight is 332 g/mol.